The third-order valence-electron chi connectivity index (χ3n) is 2.86. The summed E-state index contributed by atoms with van der Waals surface area (Å²) in [7, 11) is 0. The lowest BCUT2D eigenvalue weighted by molar-refractivity contribution is 0.220. The zero-order valence-electron chi connectivity index (χ0n) is 7.35. The van der Waals surface area contributed by atoms with Crippen molar-refractivity contribution in [2.45, 2.75) is 40.0 Å². The number of hydrogen-bond donors (Lipinski definition) is 0. The molecule has 0 radical (unpaired) electrons. The van der Waals surface area contributed by atoms with Crippen LogP contribution in [0.5, 0.6) is 0 Å². The van der Waals surface area contributed by atoms with Gasteiger partial charge in [0.15, 0.2) is 0 Å². The van der Waals surface area contributed by atoms with E-state index >= 15 is 0 Å². The van der Waals surface area contributed by atoms with Gasteiger partial charge in [0.25, 0.3) is 0 Å². The highest BCUT2D eigenvalue weighted by molar-refractivity contribution is 4.72. The standard InChI is InChI=1S/C9H18.H2O/c1-7-4-5-8(2)9(3)6-7;/h7-9H,4-6H2,1-3H3;1H2/t7-,8+,9?;/m1./s1. The molecule has 1 fully saturated rings. The summed E-state index contributed by atoms with van der Waals surface area (Å²) in [5.41, 5.74) is 0. The second-order valence-corrected chi connectivity index (χ2v) is 3.87. The van der Waals surface area contributed by atoms with Gasteiger partial charge < -0.3 is 5.48 Å². The van der Waals surface area contributed by atoms with Crippen LogP contribution in [0.1, 0.15) is 40.0 Å². The number of rotatable bonds is 0. The first-order valence-corrected chi connectivity index (χ1v) is 4.20. The van der Waals surface area contributed by atoms with E-state index in [0.717, 1.165) is 17.8 Å². The van der Waals surface area contributed by atoms with Crippen molar-refractivity contribution >= 4 is 0 Å². The Bertz CT molecular complexity index is 90.7. The fourth-order valence-corrected chi connectivity index (χ4v) is 1.82. The summed E-state index contributed by atoms with van der Waals surface area (Å²) >= 11 is 0. The molecule has 1 aliphatic rings. The maximum Gasteiger partial charge on any atom is -0.0414 e. The Balaban J connectivity index is 0.000000810. The summed E-state index contributed by atoms with van der Waals surface area (Å²) in [4.78, 5) is 0. The third-order valence-corrected chi connectivity index (χ3v) is 2.86. The topological polar surface area (TPSA) is 31.5 Å². The second kappa shape index (κ2) is 3.97. The summed E-state index contributed by atoms with van der Waals surface area (Å²) in [5, 5.41) is 0. The average molecular weight is 144 g/mol. The molecule has 3 atom stereocenters. The van der Waals surface area contributed by atoms with Gasteiger partial charge in [0.1, 0.15) is 0 Å². The van der Waals surface area contributed by atoms with Gasteiger partial charge in [-0.1, -0.05) is 33.6 Å². The van der Waals surface area contributed by atoms with Crippen LogP contribution in [0.4, 0.5) is 0 Å². The zero-order valence-corrected chi connectivity index (χ0v) is 7.35. The van der Waals surface area contributed by atoms with Gasteiger partial charge in [0.2, 0.25) is 0 Å². The molecule has 0 aliphatic heterocycles. The summed E-state index contributed by atoms with van der Waals surface area (Å²) in [6, 6.07) is 0. The van der Waals surface area contributed by atoms with Gasteiger partial charge in [0, 0.05) is 0 Å². The maximum atomic E-state index is 2.39. The highest BCUT2D eigenvalue weighted by atomic mass is 16.0. The summed E-state index contributed by atoms with van der Waals surface area (Å²) in [5.74, 6) is 2.96. The minimum absolute atomic E-state index is 0. The highest BCUT2D eigenvalue weighted by Crippen LogP contribution is 2.32. The van der Waals surface area contributed by atoms with Gasteiger partial charge >= 0.3 is 0 Å². The monoisotopic (exact) mass is 144 g/mol. The van der Waals surface area contributed by atoms with Crippen molar-refractivity contribution in [2.75, 3.05) is 0 Å². The van der Waals surface area contributed by atoms with E-state index in [9.17, 15) is 0 Å². The molecule has 0 bridgehead atoms. The molecule has 0 aromatic rings. The van der Waals surface area contributed by atoms with Gasteiger partial charge in [-0.3, -0.25) is 0 Å². The van der Waals surface area contributed by atoms with Gasteiger partial charge in [0.05, 0.1) is 0 Å². The summed E-state index contributed by atoms with van der Waals surface area (Å²) in [6.07, 6.45) is 4.38. The summed E-state index contributed by atoms with van der Waals surface area (Å²) < 4.78 is 0. The fourth-order valence-electron chi connectivity index (χ4n) is 1.82. The van der Waals surface area contributed by atoms with E-state index in [4.69, 9.17) is 0 Å². The molecule has 1 unspecified atom stereocenters. The van der Waals surface area contributed by atoms with Gasteiger partial charge in [-0.05, 0) is 24.2 Å². The predicted octanol–water partition coefficient (Wildman–Crippen LogP) is 2.25. The Morgan fingerprint density at radius 2 is 1.50 bits per heavy atom. The Labute approximate surface area is 64.1 Å². The molecular weight excluding hydrogens is 124 g/mol. The van der Waals surface area contributed by atoms with E-state index in [1.54, 1.807) is 0 Å². The van der Waals surface area contributed by atoms with Crippen LogP contribution in [0, 0.1) is 17.8 Å². The first-order chi connectivity index (χ1) is 4.20. The van der Waals surface area contributed by atoms with Crippen molar-refractivity contribution in [3.63, 3.8) is 0 Å². The quantitative estimate of drug-likeness (QED) is 0.499. The lowest BCUT2D eigenvalue weighted by Gasteiger charge is -2.29. The van der Waals surface area contributed by atoms with Crippen LogP contribution in [0.2, 0.25) is 0 Å². The molecule has 1 aliphatic carbocycles. The Kier molecular flexibility index (Phi) is 3.95. The Morgan fingerprint density at radius 1 is 0.900 bits per heavy atom. The van der Waals surface area contributed by atoms with Crippen LogP contribution < -0.4 is 0 Å². The van der Waals surface area contributed by atoms with Crippen molar-refractivity contribution in [1.29, 1.82) is 0 Å². The molecular formula is C9H20O. The van der Waals surface area contributed by atoms with Crippen LogP contribution in [0.3, 0.4) is 0 Å². The third kappa shape index (κ3) is 2.30. The second-order valence-electron chi connectivity index (χ2n) is 3.87. The molecule has 1 rings (SSSR count). The highest BCUT2D eigenvalue weighted by Gasteiger charge is 2.20. The van der Waals surface area contributed by atoms with Gasteiger partial charge in [-0.25, -0.2) is 0 Å². The molecule has 0 spiro atoms. The smallest absolute Gasteiger partial charge is 0.0414 e. The van der Waals surface area contributed by atoms with Crippen LogP contribution in [-0.4, -0.2) is 5.48 Å². The van der Waals surface area contributed by atoms with Gasteiger partial charge in [-0.2, -0.15) is 0 Å². The minimum atomic E-state index is 0. The first kappa shape index (κ1) is 9.96. The molecule has 1 saturated carbocycles. The summed E-state index contributed by atoms with van der Waals surface area (Å²) in [6.45, 7) is 7.15. The SMILES string of the molecule is CC1C[C@H](C)CC[C@@H]1C.O. The van der Waals surface area contributed by atoms with Crippen molar-refractivity contribution in [3.8, 4) is 0 Å². The largest absolute Gasteiger partial charge is 0.412 e. The molecule has 1 nitrogen and oxygen atoms in total. The molecule has 2 N–H and O–H groups in total. The van der Waals surface area contributed by atoms with Crippen molar-refractivity contribution in [1.82, 2.24) is 0 Å². The normalized spacial score (nSPS) is 40.5. The molecule has 62 valence electrons. The maximum absolute atomic E-state index is 2.39. The van der Waals surface area contributed by atoms with Crippen molar-refractivity contribution in [2.24, 2.45) is 17.8 Å². The van der Waals surface area contributed by atoms with E-state index < -0.39 is 0 Å². The van der Waals surface area contributed by atoms with Crippen LogP contribution >= 0.6 is 0 Å². The van der Waals surface area contributed by atoms with E-state index in [2.05, 4.69) is 20.8 Å². The van der Waals surface area contributed by atoms with E-state index in [1.807, 2.05) is 0 Å². The van der Waals surface area contributed by atoms with Gasteiger partial charge in [-0.15, -0.1) is 0 Å². The fraction of sp³-hybridized carbons (Fsp3) is 1.00. The predicted molar refractivity (Wildman–Crippen MR) is 45.0 cm³/mol. The van der Waals surface area contributed by atoms with E-state index in [-0.39, 0.29) is 5.48 Å². The van der Waals surface area contributed by atoms with E-state index in [0.29, 0.717) is 0 Å². The van der Waals surface area contributed by atoms with E-state index in [1.165, 1.54) is 19.3 Å². The average Bonchev–Trinajstić information content (AvgIpc) is 1.80. The minimum Gasteiger partial charge on any atom is -0.412 e. The molecule has 0 saturated heterocycles. The first-order valence-electron chi connectivity index (χ1n) is 4.20. The van der Waals surface area contributed by atoms with Crippen molar-refractivity contribution in [3.05, 3.63) is 0 Å². The zero-order chi connectivity index (χ0) is 6.85. The molecule has 1 heteroatoms. The van der Waals surface area contributed by atoms with Crippen LogP contribution in [-0.2, 0) is 0 Å². The molecule has 0 aromatic heterocycles. The van der Waals surface area contributed by atoms with Crippen LogP contribution in [0.15, 0.2) is 0 Å². The molecule has 10 heavy (non-hydrogen) atoms. The molecule has 0 amide bonds. The van der Waals surface area contributed by atoms with Crippen molar-refractivity contribution < 1.29 is 5.48 Å². The Morgan fingerprint density at radius 3 is 1.90 bits per heavy atom. The molecule has 0 heterocycles. The van der Waals surface area contributed by atoms with Crippen LogP contribution in [0.25, 0.3) is 0 Å². The molecule has 0 aromatic carbocycles. The Hall–Kier alpha value is -0.0400. The lowest BCUT2D eigenvalue weighted by atomic mass is 9.77. The number of hydrogen-bond acceptors (Lipinski definition) is 0. The lowest BCUT2D eigenvalue weighted by Crippen LogP contribution is -2.18.